The largest absolute Gasteiger partial charge is 0.434 e. The topological polar surface area (TPSA) is 117 Å². The lowest BCUT2D eigenvalue weighted by molar-refractivity contribution is -0.0927. The molecule has 1 unspecified atom stereocenters. The Bertz CT molecular complexity index is 1710. The Kier molecular flexibility index (Phi) is 14.0. The van der Waals surface area contributed by atoms with Crippen molar-refractivity contribution in [2.75, 3.05) is 6.54 Å². The first-order valence-corrected chi connectivity index (χ1v) is 15.2. The molecule has 0 amide bonds. The lowest BCUT2D eigenvalue weighted by Gasteiger charge is -2.20. The second-order valence-corrected chi connectivity index (χ2v) is 10.5. The third-order valence-electron chi connectivity index (χ3n) is 6.99. The van der Waals surface area contributed by atoms with Gasteiger partial charge in [-0.25, -0.2) is 9.98 Å². The number of nitrogens with zero attached hydrogens (tertiary/aromatic N) is 5. The predicted molar refractivity (Wildman–Crippen MR) is 181 cm³/mol. The van der Waals surface area contributed by atoms with Crippen LogP contribution in [0.2, 0.25) is 0 Å². The molecule has 3 heterocycles. The maximum atomic E-state index is 13.8. The number of H-pyrrole nitrogens is 1. The van der Waals surface area contributed by atoms with Crippen LogP contribution in [0.5, 0.6) is 0 Å². The molecule has 248 valence electrons. The summed E-state index contributed by atoms with van der Waals surface area (Å²) in [4.78, 5) is 44.7. The Balaban J connectivity index is 0.00000361. The number of rotatable bonds is 8. The van der Waals surface area contributed by atoms with Crippen molar-refractivity contribution in [3.05, 3.63) is 109 Å². The molecule has 12 heteroatoms. The van der Waals surface area contributed by atoms with E-state index in [0.29, 0.717) is 29.3 Å². The van der Waals surface area contributed by atoms with Gasteiger partial charge in [-0.05, 0) is 64.3 Å². The molecular weight excluding hydrogens is 595 g/mol. The van der Waals surface area contributed by atoms with Gasteiger partial charge < -0.3 is 14.9 Å². The quantitative estimate of drug-likeness (QED) is 0.321. The normalized spacial score (nSPS) is 15.9. The van der Waals surface area contributed by atoms with Gasteiger partial charge in [-0.15, -0.1) is 0 Å². The summed E-state index contributed by atoms with van der Waals surface area (Å²) >= 11 is 0. The molecule has 0 saturated carbocycles. The second kappa shape index (κ2) is 17.2. The molecule has 0 radical (unpaired) electrons. The van der Waals surface area contributed by atoms with Gasteiger partial charge in [-0.3, -0.25) is 19.6 Å². The lowest BCUT2D eigenvalue weighted by atomic mass is 9.96. The van der Waals surface area contributed by atoms with Gasteiger partial charge in [0.05, 0.1) is 18.7 Å². The Hall–Kier alpha value is -4.61. The number of aromatic amines is 1. The van der Waals surface area contributed by atoms with Gasteiger partial charge in [-0.2, -0.15) is 13.2 Å². The van der Waals surface area contributed by atoms with Crippen molar-refractivity contribution in [1.82, 2.24) is 19.9 Å². The molecule has 1 aliphatic rings. The van der Waals surface area contributed by atoms with Gasteiger partial charge in [0.15, 0.2) is 11.5 Å². The molecular formula is C34H44F3N7O2. The Labute approximate surface area is 268 Å². The molecule has 2 aromatic rings. The maximum Gasteiger partial charge on any atom is 0.434 e. The molecule has 1 aliphatic heterocycles. The summed E-state index contributed by atoms with van der Waals surface area (Å²) in [5.41, 5.74) is 2.26. The highest BCUT2D eigenvalue weighted by Gasteiger charge is 2.34. The van der Waals surface area contributed by atoms with E-state index >= 15 is 0 Å². The molecule has 46 heavy (non-hydrogen) atoms. The number of alkyl halides is 3. The summed E-state index contributed by atoms with van der Waals surface area (Å²) in [7, 11) is 1.66. The molecule has 9 nitrogen and oxygen atoms in total. The first-order valence-electron chi connectivity index (χ1n) is 15.2. The van der Waals surface area contributed by atoms with E-state index < -0.39 is 17.9 Å². The summed E-state index contributed by atoms with van der Waals surface area (Å²) in [6.07, 6.45) is 3.06. The second-order valence-electron chi connectivity index (χ2n) is 10.5. The van der Waals surface area contributed by atoms with E-state index in [1.807, 2.05) is 39.8 Å². The van der Waals surface area contributed by atoms with Crippen molar-refractivity contribution in [1.29, 1.82) is 0 Å². The zero-order valence-corrected chi connectivity index (χ0v) is 28.0. The fraction of sp³-hybridized carbons (Fsp3) is 0.412. The molecule has 0 saturated heterocycles. The average molecular weight is 640 g/mol. The van der Waals surface area contributed by atoms with Crippen LogP contribution in [0.1, 0.15) is 87.3 Å². The van der Waals surface area contributed by atoms with E-state index in [1.165, 1.54) is 29.8 Å². The molecule has 2 atom stereocenters. The molecule has 0 spiro atoms. The van der Waals surface area contributed by atoms with Gasteiger partial charge in [0, 0.05) is 43.0 Å². The van der Waals surface area contributed by atoms with Gasteiger partial charge in [0.2, 0.25) is 5.56 Å². The molecule has 0 aromatic carbocycles. The zero-order valence-electron chi connectivity index (χ0n) is 28.0. The van der Waals surface area contributed by atoms with Crippen molar-refractivity contribution in [2.45, 2.75) is 79.9 Å². The molecule has 3 rings (SSSR count). The standard InChI is InChI=1S/C32H38F3N7O2.C2H6/c1-8-10-20(4)40-28(32(33,34)35)18-37-21(5)25-13-19(3)11-12-29(43)42(7)27(14-23(25)9-2)24-15-38-30(39-16-24)26-17-36-22(6)31(44)41-26;1-2/h8,10-15,17-18,21,24,37H,9,16H2,1-7H3,(H,41,44);1-2H3/b10-8-,12-11?,19-13?,25-23?,27-14?,28-18+,40-20+;/t21-,24?;/m1./s1. The molecule has 2 N–H and O–H groups in total. The SMILES string of the molecule is CC.C\C=C/C(C)=N/C(=C/N[C@H](C)c1cc(C)ccc(=O)n(C)c(C2C=NC(c3cnc(C)c(=O)[nH]3)=NC2)cc1CC)C(F)(F)F. The summed E-state index contributed by atoms with van der Waals surface area (Å²) < 4.78 is 42.9. The Morgan fingerprint density at radius 1 is 1.22 bits per heavy atom. The summed E-state index contributed by atoms with van der Waals surface area (Å²) in [5, 5.41) is 2.89. The van der Waals surface area contributed by atoms with E-state index in [2.05, 4.69) is 30.3 Å². The highest BCUT2D eigenvalue weighted by atomic mass is 19.4. The minimum absolute atomic E-state index is 0.226. The molecule has 0 aliphatic carbocycles. The van der Waals surface area contributed by atoms with Gasteiger partial charge in [-0.1, -0.05) is 44.5 Å². The van der Waals surface area contributed by atoms with E-state index in [-0.39, 0.29) is 29.3 Å². The van der Waals surface area contributed by atoms with Gasteiger partial charge >= 0.3 is 6.18 Å². The summed E-state index contributed by atoms with van der Waals surface area (Å²) in [6, 6.07) is 6.32. The van der Waals surface area contributed by atoms with Crippen LogP contribution < -0.4 is 16.4 Å². The number of allylic oxidation sites excluding steroid dienone is 3. The van der Waals surface area contributed by atoms with Crippen LogP contribution in [0.25, 0.3) is 0 Å². The predicted octanol–water partition coefficient (Wildman–Crippen LogP) is 6.50. The number of aliphatic imine (C=N–C) groups is 3. The number of aryl methyl sites for hydroxylation is 3. The number of hydrogen-bond donors (Lipinski definition) is 2. The van der Waals surface area contributed by atoms with Crippen LogP contribution in [0, 0.1) is 13.8 Å². The van der Waals surface area contributed by atoms with E-state index in [1.54, 1.807) is 46.2 Å². The lowest BCUT2D eigenvalue weighted by Crippen LogP contribution is -2.25. The van der Waals surface area contributed by atoms with Crippen molar-refractivity contribution < 1.29 is 13.2 Å². The number of halogens is 3. The molecule has 0 fully saturated rings. The fourth-order valence-electron chi connectivity index (χ4n) is 4.53. The van der Waals surface area contributed by atoms with E-state index in [9.17, 15) is 22.8 Å². The average Bonchev–Trinajstić information content (AvgIpc) is 3.02. The van der Waals surface area contributed by atoms with E-state index in [0.717, 1.165) is 22.9 Å². The van der Waals surface area contributed by atoms with Crippen LogP contribution >= 0.6 is 0 Å². The Morgan fingerprint density at radius 3 is 2.48 bits per heavy atom. The summed E-state index contributed by atoms with van der Waals surface area (Å²) in [5.74, 6) is -0.0643. The first-order chi connectivity index (χ1) is 21.7. The third-order valence-corrected chi connectivity index (χ3v) is 6.99. The van der Waals surface area contributed by atoms with Crippen molar-refractivity contribution in [3.8, 4) is 0 Å². The molecule has 2 aromatic heterocycles. The monoisotopic (exact) mass is 639 g/mol. The highest BCUT2D eigenvalue weighted by Crippen LogP contribution is 2.28. The van der Waals surface area contributed by atoms with Gasteiger partial charge in [0.25, 0.3) is 5.56 Å². The van der Waals surface area contributed by atoms with Crippen molar-refractivity contribution >= 4 is 17.8 Å². The van der Waals surface area contributed by atoms with Crippen LogP contribution in [0.3, 0.4) is 0 Å². The minimum Gasteiger partial charge on any atom is -0.383 e. The number of nitrogens with one attached hydrogen (secondary N) is 2. The van der Waals surface area contributed by atoms with Gasteiger partial charge in [0.1, 0.15) is 11.4 Å². The van der Waals surface area contributed by atoms with Crippen molar-refractivity contribution in [2.24, 2.45) is 22.0 Å². The number of hydrogen-bond acceptors (Lipinski definition) is 7. The minimum atomic E-state index is -4.65. The van der Waals surface area contributed by atoms with Crippen LogP contribution in [-0.2, 0) is 13.5 Å². The first kappa shape index (κ1) is 37.6. The number of aromatic nitrogens is 3. The summed E-state index contributed by atoms with van der Waals surface area (Å²) in [6.45, 7) is 14.6. The third kappa shape index (κ3) is 10.2. The Morgan fingerprint density at radius 2 is 1.91 bits per heavy atom. The van der Waals surface area contributed by atoms with Crippen LogP contribution in [0.15, 0.2) is 79.1 Å². The zero-order chi connectivity index (χ0) is 34.6. The fourth-order valence-corrected chi connectivity index (χ4v) is 4.53. The maximum absolute atomic E-state index is 13.8. The number of amidine groups is 1. The smallest absolute Gasteiger partial charge is 0.383 e. The highest BCUT2D eigenvalue weighted by molar-refractivity contribution is 6.03. The molecule has 0 bridgehead atoms. The van der Waals surface area contributed by atoms with Crippen LogP contribution in [-0.4, -0.2) is 45.0 Å². The van der Waals surface area contributed by atoms with E-state index in [4.69, 9.17) is 0 Å². The van der Waals surface area contributed by atoms with Crippen LogP contribution in [0.4, 0.5) is 13.2 Å². The van der Waals surface area contributed by atoms with Crippen molar-refractivity contribution in [3.63, 3.8) is 0 Å².